The van der Waals surface area contributed by atoms with Gasteiger partial charge in [0, 0.05) is 18.5 Å². The van der Waals surface area contributed by atoms with Crippen LogP contribution < -0.4 is 9.47 Å². The van der Waals surface area contributed by atoms with Crippen LogP contribution in [0, 0.1) is 5.92 Å². The van der Waals surface area contributed by atoms with Gasteiger partial charge in [-0.05, 0) is 55.5 Å². The van der Waals surface area contributed by atoms with Crippen molar-refractivity contribution in [3.8, 4) is 11.5 Å². The molecule has 1 saturated heterocycles. The molecule has 2 fully saturated rings. The first-order chi connectivity index (χ1) is 10.5. The zero-order valence-electron chi connectivity index (χ0n) is 12.7. The summed E-state index contributed by atoms with van der Waals surface area (Å²) in [5, 5.41) is 21.5. The van der Waals surface area contributed by atoms with Crippen LogP contribution in [0.3, 0.4) is 0 Å². The summed E-state index contributed by atoms with van der Waals surface area (Å²) in [6.07, 6.45) is 1.05. The molecular weight excluding hydrogens is 282 g/mol. The van der Waals surface area contributed by atoms with Crippen molar-refractivity contribution < 1.29 is 19.7 Å². The largest absolute Gasteiger partial charge is 0.454 e. The third kappa shape index (κ3) is 1.59. The molecule has 5 nitrogen and oxygen atoms in total. The van der Waals surface area contributed by atoms with Crippen LogP contribution in [0.5, 0.6) is 11.5 Å². The van der Waals surface area contributed by atoms with Crippen molar-refractivity contribution in [2.24, 2.45) is 5.92 Å². The van der Waals surface area contributed by atoms with Crippen LogP contribution in [0.1, 0.15) is 36.8 Å². The van der Waals surface area contributed by atoms with E-state index in [1.807, 2.05) is 6.07 Å². The van der Waals surface area contributed by atoms with Gasteiger partial charge in [0.25, 0.3) is 0 Å². The predicted molar refractivity (Wildman–Crippen MR) is 78.9 cm³/mol. The van der Waals surface area contributed by atoms with Crippen LogP contribution in [0.25, 0.3) is 0 Å². The zero-order chi connectivity index (χ0) is 15.1. The second-order valence-corrected chi connectivity index (χ2v) is 7.45. The molecule has 4 aliphatic rings. The molecule has 0 bridgehead atoms. The average molecular weight is 303 g/mol. The molecule has 3 aliphatic heterocycles. The van der Waals surface area contributed by atoms with Crippen molar-refractivity contribution in [2.75, 3.05) is 13.3 Å². The molecule has 1 saturated carbocycles. The Kier molecular flexibility index (Phi) is 2.49. The normalized spacial score (nSPS) is 42.1. The molecule has 5 rings (SSSR count). The Hall–Kier alpha value is -1.30. The van der Waals surface area contributed by atoms with Gasteiger partial charge >= 0.3 is 0 Å². The molecule has 5 heteroatoms. The smallest absolute Gasteiger partial charge is 0.231 e. The maximum Gasteiger partial charge on any atom is 0.231 e. The third-order valence-electron chi connectivity index (χ3n) is 6.08. The lowest BCUT2D eigenvalue weighted by Crippen LogP contribution is -2.58. The maximum absolute atomic E-state index is 10.8. The molecular formula is C17H21NO4. The van der Waals surface area contributed by atoms with Crippen LogP contribution >= 0.6 is 0 Å². The number of aliphatic hydroxyl groups is 2. The number of nitrogens with zero attached hydrogens (tertiary/aromatic N) is 1. The molecule has 0 spiro atoms. The van der Waals surface area contributed by atoms with Gasteiger partial charge < -0.3 is 19.7 Å². The van der Waals surface area contributed by atoms with E-state index in [2.05, 4.69) is 11.0 Å². The molecule has 0 radical (unpaired) electrons. The highest BCUT2D eigenvalue weighted by atomic mass is 16.7. The minimum Gasteiger partial charge on any atom is -0.454 e. The lowest BCUT2D eigenvalue weighted by Gasteiger charge is -2.51. The van der Waals surface area contributed by atoms with Gasteiger partial charge in [-0.1, -0.05) is 0 Å². The highest BCUT2D eigenvalue weighted by Crippen LogP contribution is 2.53. The second kappa shape index (κ2) is 4.16. The van der Waals surface area contributed by atoms with Crippen LogP contribution in [-0.2, 0) is 6.54 Å². The quantitative estimate of drug-likeness (QED) is 0.754. The zero-order valence-corrected chi connectivity index (χ0v) is 12.7. The molecule has 0 unspecified atom stereocenters. The van der Waals surface area contributed by atoms with E-state index in [1.54, 1.807) is 6.92 Å². The monoisotopic (exact) mass is 303 g/mol. The molecule has 2 N–H and O–H groups in total. The van der Waals surface area contributed by atoms with Gasteiger partial charge in [0.2, 0.25) is 6.79 Å². The highest BCUT2D eigenvalue weighted by Gasteiger charge is 2.56. The molecule has 22 heavy (non-hydrogen) atoms. The summed E-state index contributed by atoms with van der Waals surface area (Å²) < 4.78 is 11.0. The molecule has 0 amide bonds. The van der Waals surface area contributed by atoms with E-state index in [9.17, 15) is 10.2 Å². The number of benzene rings is 1. The molecule has 1 aliphatic carbocycles. The summed E-state index contributed by atoms with van der Waals surface area (Å²) >= 11 is 0. The first kappa shape index (κ1) is 13.2. The van der Waals surface area contributed by atoms with E-state index in [0.29, 0.717) is 18.4 Å². The average Bonchev–Trinajstić information content (AvgIpc) is 3.08. The van der Waals surface area contributed by atoms with E-state index in [-0.39, 0.29) is 12.7 Å². The van der Waals surface area contributed by atoms with E-state index < -0.39 is 11.7 Å². The number of rotatable bonds is 0. The van der Waals surface area contributed by atoms with Gasteiger partial charge in [-0.15, -0.1) is 0 Å². The Morgan fingerprint density at radius 1 is 1.27 bits per heavy atom. The van der Waals surface area contributed by atoms with Gasteiger partial charge in [0.05, 0.1) is 11.7 Å². The molecule has 0 aromatic heterocycles. The molecule has 3 heterocycles. The van der Waals surface area contributed by atoms with E-state index in [1.165, 1.54) is 5.56 Å². The van der Waals surface area contributed by atoms with Gasteiger partial charge in [-0.2, -0.15) is 0 Å². The SMILES string of the molecule is C[C@@]1(O)C[C@H]2CCN3Cc4cc5c(cc4[C@@H]([C@@H]23)[C@@H]1O)OCO5. The molecule has 1 aromatic carbocycles. The third-order valence-corrected chi connectivity index (χ3v) is 6.08. The van der Waals surface area contributed by atoms with Gasteiger partial charge in [-0.25, -0.2) is 0 Å². The summed E-state index contributed by atoms with van der Waals surface area (Å²) in [5.74, 6) is 1.97. The topological polar surface area (TPSA) is 62.2 Å². The summed E-state index contributed by atoms with van der Waals surface area (Å²) in [7, 11) is 0. The van der Waals surface area contributed by atoms with Crippen LogP contribution in [-0.4, -0.2) is 46.2 Å². The molecule has 5 atom stereocenters. The number of fused-ring (bicyclic) bond motifs is 3. The van der Waals surface area contributed by atoms with E-state index in [4.69, 9.17) is 9.47 Å². The Morgan fingerprint density at radius 3 is 2.86 bits per heavy atom. The van der Waals surface area contributed by atoms with Crippen LogP contribution in [0.15, 0.2) is 12.1 Å². The number of hydrogen-bond acceptors (Lipinski definition) is 5. The number of ether oxygens (including phenoxy) is 2. The van der Waals surface area contributed by atoms with Crippen molar-refractivity contribution in [3.05, 3.63) is 23.3 Å². The fraction of sp³-hybridized carbons (Fsp3) is 0.647. The first-order valence-electron chi connectivity index (χ1n) is 8.11. The van der Waals surface area contributed by atoms with Crippen molar-refractivity contribution in [2.45, 2.75) is 50.0 Å². The summed E-state index contributed by atoms with van der Waals surface area (Å²) in [6.45, 7) is 3.98. The van der Waals surface area contributed by atoms with Crippen molar-refractivity contribution in [1.82, 2.24) is 4.90 Å². The predicted octanol–water partition coefficient (Wildman–Crippen LogP) is 1.22. The van der Waals surface area contributed by atoms with Gasteiger partial charge in [0.15, 0.2) is 11.5 Å². The highest BCUT2D eigenvalue weighted by molar-refractivity contribution is 5.52. The van der Waals surface area contributed by atoms with E-state index in [0.717, 1.165) is 36.6 Å². The fourth-order valence-electron chi connectivity index (χ4n) is 5.12. The molecule has 118 valence electrons. The lowest BCUT2D eigenvalue weighted by molar-refractivity contribution is -0.129. The van der Waals surface area contributed by atoms with Crippen LogP contribution in [0.2, 0.25) is 0 Å². The Labute approximate surface area is 129 Å². The lowest BCUT2D eigenvalue weighted by atomic mass is 9.64. The molecule has 1 aromatic rings. The van der Waals surface area contributed by atoms with Crippen LogP contribution in [0.4, 0.5) is 0 Å². The second-order valence-electron chi connectivity index (χ2n) is 7.45. The van der Waals surface area contributed by atoms with Gasteiger partial charge in [-0.3, -0.25) is 4.90 Å². The summed E-state index contributed by atoms with van der Waals surface area (Å²) in [4.78, 5) is 2.47. The summed E-state index contributed by atoms with van der Waals surface area (Å²) in [6, 6.07) is 4.42. The van der Waals surface area contributed by atoms with Crippen molar-refractivity contribution >= 4 is 0 Å². The summed E-state index contributed by atoms with van der Waals surface area (Å²) in [5.41, 5.74) is 1.31. The standard InChI is InChI=1S/C17H21NO4/c1-17(20)6-9-2-3-18-7-10-4-12-13(22-8-21-12)5-11(10)14(15(9)18)16(17)19/h4-5,9,14-16,19-20H,2-3,6-8H2,1H3/t9-,14+,15-,16+,17-/m1/s1. The van der Waals surface area contributed by atoms with Gasteiger partial charge in [0.1, 0.15) is 0 Å². The Bertz CT molecular complexity index is 644. The minimum atomic E-state index is -1.02. The van der Waals surface area contributed by atoms with Crippen molar-refractivity contribution in [3.63, 3.8) is 0 Å². The Morgan fingerprint density at radius 2 is 2.05 bits per heavy atom. The number of aliphatic hydroxyl groups excluding tert-OH is 1. The number of hydrogen-bond donors (Lipinski definition) is 2. The van der Waals surface area contributed by atoms with E-state index >= 15 is 0 Å². The first-order valence-corrected chi connectivity index (χ1v) is 8.11. The minimum absolute atomic E-state index is 0.0468. The fourth-order valence-corrected chi connectivity index (χ4v) is 5.12. The van der Waals surface area contributed by atoms with Crippen molar-refractivity contribution in [1.29, 1.82) is 0 Å². The maximum atomic E-state index is 10.8. The Balaban J connectivity index is 1.67.